The summed E-state index contributed by atoms with van der Waals surface area (Å²) in [7, 11) is 0. The lowest BCUT2D eigenvalue weighted by atomic mass is 9.91. The SMILES string of the molecule is Cc1cccc(C(=O)C(C#N)c2cccc(Cl)c2F)c1Br. The number of nitrogens with zero attached hydrogens (tertiary/aromatic N) is 1. The van der Waals surface area contributed by atoms with Gasteiger partial charge in [0.1, 0.15) is 11.7 Å². The second kappa shape index (κ2) is 6.38. The standard InChI is InChI=1S/C16H10BrClFNO/c1-9-4-2-6-11(14(9)17)16(21)12(8-20)10-5-3-7-13(18)15(10)19/h2-7,12H,1H3. The predicted molar refractivity (Wildman–Crippen MR) is 83.0 cm³/mol. The highest BCUT2D eigenvalue weighted by Gasteiger charge is 2.27. The fourth-order valence-corrected chi connectivity index (χ4v) is 2.65. The van der Waals surface area contributed by atoms with Crippen LogP contribution in [0, 0.1) is 24.1 Å². The monoisotopic (exact) mass is 365 g/mol. The smallest absolute Gasteiger partial charge is 0.185 e. The highest BCUT2D eigenvalue weighted by molar-refractivity contribution is 9.10. The number of carbonyl (C=O) groups is 1. The van der Waals surface area contributed by atoms with E-state index in [2.05, 4.69) is 15.9 Å². The Hall–Kier alpha value is -1.70. The number of hydrogen-bond donors (Lipinski definition) is 0. The normalized spacial score (nSPS) is 11.8. The van der Waals surface area contributed by atoms with Crippen LogP contribution in [0.3, 0.4) is 0 Å². The zero-order chi connectivity index (χ0) is 15.6. The molecule has 0 saturated heterocycles. The van der Waals surface area contributed by atoms with Gasteiger partial charge in [0, 0.05) is 15.6 Å². The fourth-order valence-electron chi connectivity index (χ4n) is 2.01. The molecule has 2 rings (SSSR count). The average molecular weight is 367 g/mol. The molecule has 106 valence electrons. The number of carbonyl (C=O) groups excluding carboxylic acids is 1. The molecule has 0 heterocycles. The Morgan fingerprint density at radius 1 is 1.33 bits per heavy atom. The highest BCUT2D eigenvalue weighted by atomic mass is 79.9. The third-order valence-corrected chi connectivity index (χ3v) is 4.49. The van der Waals surface area contributed by atoms with Crippen molar-refractivity contribution in [1.29, 1.82) is 5.26 Å². The summed E-state index contributed by atoms with van der Waals surface area (Å²) in [6, 6.07) is 11.3. The zero-order valence-corrected chi connectivity index (χ0v) is 13.4. The highest BCUT2D eigenvalue weighted by Crippen LogP contribution is 2.30. The summed E-state index contributed by atoms with van der Waals surface area (Å²) in [6.45, 7) is 1.84. The molecule has 0 aliphatic heterocycles. The summed E-state index contributed by atoms with van der Waals surface area (Å²) in [5.41, 5.74) is 1.20. The molecule has 2 aromatic rings. The Labute approximate surface area is 135 Å². The fraction of sp³-hybridized carbons (Fsp3) is 0.125. The maximum Gasteiger partial charge on any atom is 0.185 e. The summed E-state index contributed by atoms with van der Waals surface area (Å²) in [5.74, 6) is -2.43. The van der Waals surface area contributed by atoms with Gasteiger partial charge in [-0.2, -0.15) is 5.26 Å². The molecule has 0 saturated carbocycles. The van der Waals surface area contributed by atoms with E-state index >= 15 is 0 Å². The lowest BCUT2D eigenvalue weighted by Crippen LogP contribution is -2.14. The van der Waals surface area contributed by atoms with Gasteiger partial charge in [-0.15, -0.1) is 0 Å². The maximum absolute atomic E-state index is 14.0. The van der Waals surface area contributed by atoms with Crippen molar-refractivity contribution in [3.8, 4) is 6.07 Å². The van der Waals surface area contributed by atoms with E-state index in [9.17, 15) is 14.4 Å². The van der Waals surface area contributed by atoms with Crippen LogP contribution in [0.2, 0.25) is 5.02 Å². The van der Waals surface area contributed by atoms with E-state index in [4.69, 9.17) is 11.6 Å². The Bertz CT molecular complexity index is 754. The van der Waals surface area contributed by atoms with Crippen molar-refractivity contribution in [1.82, 2.24) is 0 Å². The van der Waals surface area contributed by atoms with Crippen LogP contribution in [0.4, 0.5) is 4.39 Å². The molecule has 0 aromatic heterocycles. The van der Waals surface area contributed by atoms with Gasteiger partial charge in [-0.3, -0.25) is 4.79 Å². The van der Waals surface area contributed by atoms with Crippen LogP contribution < -0.4 is 0 Å². The molecule has 0 aliphatic carbocycles. The van der Waals surface area contributed by atoms with Crippen molar-refractivity contribution < 1.29 is 9.18 Å². The van der Waals surface area contributed by atoms with Gasteiger partial charge in [0.25, 0.3) is 0 Å². The van der Waals surface area contributed by atoms with Gasteiger partial charge >= 0.3 is 0 Å². The van der Waals surface area contributed by atoms with E-state index in [1.54, 1.807) is 12.1 Å². The van der Waals surface area contributed by atoms with E-state index in [1.165, 1.54) is 18.2 Å². The molecule has 5 heteroatoms. The number of nitriles is 1. The third kappa shape index (κ3) is 2.99. The summed E-state index contributed by atoms with van der Waals surface area (Å²) in [4.78, 5) is 12.6. The second-order valence-corrected chi connectivity index (χ2v) is 5.71. The van der Waals surface area contributed by atoms with Crippen LogP contribution in [0.15, 0.2) is 40.9 Å². The van der Waals surface area contributed by atoms with Gasteiger partial charge in [-0.1, -0.05) is 41.9 Å². The largest absolute Gasteiger partial charge is 0.292 e. The lowest BCUT2D eigenvalue weighted by Gasteiger charge is -2.12. The minimum atomic E-state index is -1.23. The van der Waals surface area contributed by atoms with Gasteiger partial charge in [0.2, 0.25) is 0 Å². The van der Waals surface area contributed by atoms with Crippen LogP contribution in [0.5, 0.6) is 0 Å². The number of aryl methyl sites for hydroxylation is 1. The summed E-state index contributed by atoms with van der Waals surface area (Å²) < 4.78 is 14.7. The van der Waals surface area contributed by atoms with Crippen LogP contribution in [-0.2, 0) is 0 Å². The molecule has 0 N–H and O–H groups in total. The molecule has 0 fully saturated rings. The van der Waals surface area contributed by atoms with E-state index in [0.717, 1.165) is 5.56 Å². The Kier molecular flexibility index (Phi) is 4.76. The van der Waals surface area contributed by atoms with E-state index in [0.29, 0.717) is 10.0 Å². The second-order valence-electron chi connectivity index (χ2n) is 4.51. The van der Waals surface area contributed by atoms with Crippen LogP contribution in [0.25, 0.3) is 0 Å². The molecule has 2 aromatic carbocycles. The maximum atomic E-state index is 14.0. The molecule has 21 heavy (non-hydrogen) atoms. The minimum Gasteiger partial charge on any atom is -0.292 e. The topological polar surface area (TPSA) is 40.9 Å². The number of hydrogen-bond acceptors (Lipinski definition) is 2. The van der Waals surface area contributed by atoms with Crippen LogP contribution >= 0.6 is 27.5 Å². The van der Waals surface area contributed by atoms with Gasteiger partial charge < -0.3 is 0 Å². The Balaban J connectivity index is 2.52. The number of Topliss-reactive ketones (excluding diaryl/α,β-unsaturated/α-hetero) is 1. The molecule has 0 amide bonds. The van der Waals surface area contributed by atoms with Crippen molar-refractivity contribution in [3.05, 3.63) is 68.4 Å². The zero-order valence-electron chi connectivity index (χ0n) is 11.0. The minimum absolute atomic E-state index is 0.0107. The van der Waals surface area contributed by atoms with Crippen molar-refractivity contribution in [2.24, 2.45) is 0 Å². The van der Waals surface area contributed by atoms with Crippen molar-refractivity contribution in [3.63, 3.8) is 0 Å². The first-order valence-corrected chi connectivity index (χ1v) is 7.27. The third-order valence-electron chi connectivity index (χ3n) is 3.14. The van der Waals surface area contributed by atoms with Crippen molar-refractivity contribution in [2.75, 3.05) is 0 Å². The molecular formula is C16H10BrClFNO. The number of benzene rings is 2. The first-order valence-electron chi connectivity index (χ1n) is 6.10. The molecule has 1 atom stereocenters. The first-order chi connectivity index (χ1) is 9.97. The quantitative estimate of drug-likeness (QED) is 0.714. The molecular weight excluding hydrogens is 357 g/mol. The summed E-state index contributed by atoms with van der Waals surface area (Å²) in [6.07, 6.45) is 0. The molecule has 2 nitrogen and oxygen atoms in total. The van der Waals surface area contributed by atoms with Crippen LogP contribution in [0.1, 0.15) is 27.4 Å². The van der Waals surface area contributed by atoms with E-state index in [-0.39, 0.29) is 10.6 Å². The van der Waals surface area contributed by atoms with Gasteiger partial charge in [0.05, 0.1) is 11.1 Å². The molecule has 0 spiro atoms. The number of halogens is 3. The first kappa shape index (κ1) is 15.7. The van der Waals surface area contributed by atoms with Crippen molar-refractivity contribution in [2.45, 2.75) is 12.8 Å². The van der Waals surface area contributed by atoms with Gasteiger partial charge in [0.15, 0.2) is 5.78 Å². The van der Waals surface area contributed by atoms with E-state index < -0.39 is 17.5 Å². The van der Waals surface area contributed by atoms with Crippen LogP contribution in [-0.4, -0.2) is 5.78 Å². The van der Waals surface area contributed by atoms with Gasteiger partial charge in [-0.05, 0) is 34.5 Å². The van der Waals surface area contributed by atoms with Gasteiger partial charge in [-0.25, -0.2) is 4.39 Å². The molecule has 1 unspecified atom stereocenters. The van der Waals surface area contributed by atoms with Crippen molar-refractivity contribution >= 4 is 33.3 Å². The molecule has 0 aliphatic rings. The predicted octanol–water partition coefficient (Wildman–Crippen LogP) is 5.04. The Morgan fingerprint density at radius 3 is 2.67 bits per heavy atom. The number of rotatable bonds is 3. The summed E-state index contributed by atoms with van der Waals surface area (Å²) in [5, 5.41) is 9.18. The Morgan fingerprint density at radius 2 is 2.00 bits per heavy atom. The number of ketones is 1. The summed E-state index contributed by atoms with van der Waals surface area (Å²) >= 11 is 9.05. The lowest BCUT2D eigenvalue weighted by molar-refractivity contribution is 0.0976. The molecule has 0 bridgehead atoms. The van der Waals surface area contributed by atoms with E-state index in [1.807, 2.05) is 19.1 Å². The average Bonchev–Trinajstić information content (AvgIpc) is 2.47. The molecule has 0 radical (unpaired) electrons.